The molecule has 0 spiro atoms. The Morgan fingerprint density at radius 3 is 2.80 bits per heavy atom. The molecule has 1 fully saturated rings. The third kappa shape index (κ3) is 4.66. The highest BCUT2D eigenvalue weighted by Crippen LogP contribution is 2.40. The number of benzene rings is 1. The molecule has 2 aromatic rings. The van der Waals surface area contributed by atoms with E-state index in [2.05, 4.69) is 15.4 Å². The lowest BCUT2D eigenvalue weighted by Crippen LogP contribution is -2.31. The van der Waals surface area contributed by atoms with Gasteiger partial charge in [-0.3, -0.25) is 9.48 Å². The summed E-state index contributed by atoms with van der Waals surface area (Å²) in [4.78, 5) is 17.0. The molecule has 1 aromatic carbocycles. The highest BCUT2D eigenvalue weighted by atomic mass is 16.3. The molecular weight excluding hydrogens is 316 g/mol. The van der Waals surface area contributed by atoms with Crippen molar-refractivity contribution < 1.29 is 9.90 Å². The van der Waals surface area contributed by atoms with E-state index in [-0.39, 0.29) is 11.9 Å². The first-order valence-electron chi connectivity index (χ1n) is 8.79. The molecular formula is C19H26N4O2. The first-order chi connectivity index (χ1) is 11.8. The second-order valence-corrected chi connectivity index (χ2v) is 7.54. The fourth-order valence-electron chi connectivity index (χ4n) is 2.95. The molecule has 134 valence electrons. The minimum Gasteiger partial charge on any atom is -0.390 e. The Bertz CT molecular complexity index is 744. The third-order valence-electron chi connectivity index (χ3n) is 4.62. The van der Waals surface area contributed by atoms with Crippen LogP contribution in [0.3, 0.4) is 0 Å². The van der Waals surface area contributed by atoms with Crippen LogP contribution in [0.4, 0.5) is 0 Å². The minimum atomic E-state index is -0.708. The molecule has 1 aliphatic carbocycles. The van der Waals surface area contributed by atoms with Gasteiger partial charge < -0.3 is 10.4 Å². The number of hydrogen-bond donors (Lipinski definition) is 2. The summed E-state index contributed by atoms with van der Waals surface area (Å²) >= 11 is 0. The van der Waals surface area contributed by atoms with Crippen LogP contribution in [0.25, 0.3) is 0 Å². The number of hydrogen-bond acceptors (Lipinski definition) is 4. The van der Waals surface area contributed by atoms with E-state index >= 15 is 0 Å². The van der Waals surface area contributed by atoms with Gasteiger partial charge in [-0.05, 0) is 63.1 Å². The molecule has 0 saturated heterocycles. The third-order valence-corrected chi connectivity index (χ3v) is 4.62. The lowest BCUT2D eigenvalue weighted by molar-refractivity contribution is 0.0714. The van der Waals surface area contributed by atoms with Crippen LogP contribution < -0.4 is 5.32 Å². The van der Waals surface area contributed by atoms with Crippen LogP contribution >= 0.6 is 0 Å². The van der Waals surface area contributed by atoms with Crippen LogP contribution in [-0.4, -0.2) is 31.4 Å². The van der Waals surface area contributed by atoms with Crippen molar-refractivity contribution in [2.45, 2.75) is 51.2 Å². The molecule has 0 unspecified atom stereocenters. The maximum atomic E-state index is 12.7. The molecule has 6 heteroatoms. The highest BCUT2D eigenvalue weighted by Gasteiger charge is 2.36. The number of rotatable bonds is 7. The Labute approximate surface area is 148 Å². The second-order valence-electron chi connectivity index (χ2n) is 7.54. The SMILES string of the molecule is Cn1ncnc1[C@H](NC(=O)c1cccc(CCC(C)(C)O)c1)C1CC1. The normalized spacial score (nSPS) is 15.8. The van der Waals surface area contributed by atoms with Gasteiger partial charge >= 0.3 is 0 Å². The molecule has 6 nitrogen and oxygen atoms in total. The quantitative estimate of drug-likeness (QED) is 0.810. The van der Waals surface area contributed by atoms with Crippen molar-refractivity contribution in [1.29, 1.82) is 0 Å². The summed E-state index contributed by atoms with van der Waals surface area (Å²) in [5.41, 5.74) is 0.984. The van der Waals surface area contributed by atoms with E-state index in [1.165, 1.54) is 6.33 Å². The number of aryl methyl sites for hydroxylation is 2. The monoisotopic (exact) mass is 342 g/mol. The Balaban J connectivity index is 1.71. The van der Waals surface area contributed by atoms with Gasteiger partial charge in [-0.25, -0.2) is 4.98 Å². The first-order valence-corrected chi connectivity index (χ1v) is 8.79. The Kier molecular flexibility index (Phi) is 4.90. The molecule has 1 amide bonds. The highest BCUT2D eigenvalue weighted by molar-refractivity contribution is 5.94. The van der Waals surface area contributed by atoms with E-state index in [1.807, 2.05) is 31.3 Å². The molecule has 0 bridgehead atoms. The molecule has 0 aliphatic heterocycles. The summed E-state index contributed by atoms with van der Waals surface area (Å²) < 4.78 is 1.73. The van der Waals surface area contributed by atoms with Gasteiger partial charge in [0, 0.05) is 12.6 Å². The van der Waals surface area contributed by atoms with Gasteiger partial charge in [-0.2, -0.15) is 5.10 Å². The van der Waals surface area contributed by atoms with E-state index in [0.29, 0.717) is 17.9 Å². The average molecular weight is 342 g/mol. The zero-order chi connectivity index (χ0) is 18.0. The average Bonchev–Trinajstić information content (AvgIpc) is 3.32. The maximum Gasteiger partial charge on any atom is 0.251 e. The lowest BCUT2D eigenvalue weighted by Gasteiger charge is -2.18. The number of carbonyl (C=O) groups is 1. The van der Waals surface area contributed by atoms with E-state index in [0.717, 1.165) is 30.7 Å². The summed E-state index contributed by atoms with van der Waals surface area (Å²) in [6.07, 6.45) is 5.11. The summed E-state index contributed by atoms with van der Waals surface area (Å²) in [7, 11) is 1.85. The Hall–Kier alpha value is -2.21. The van der Waals surface area contributed by atoms with E-state index in [9.17, 15) is 9.90 Å². The first kappa shape index (κ1) is 17.6. The van der Waals surface area contributed by atoms with Crippen molar-refractivity contribution in [3.63, 3.8) is 0 Å². The fourth-order valence-corrected chi connectivity index (χ4v) is 2.95. The van der Waals surface area contributed by atoms with Crippen LogP contribution in [0.2, 0.25) is 0 Å². The van der Waals surface area contributed by atoms with Crippen LogP contribution in [0.1, 0.15) is 60.9 Å². The minimum absolute atomic E-state index is 0.0926. The molecule has 1 heterocycles. The van der Waals surface area contributed by atoms with Crippen molar-refractivity contribution in [3.05, 3.63) is 47.5 Å². The Morgan fingerprint density at radius 1 is 1.44 bits per heavy atom. The van der Waals surface area contributed by atoms with E-state index < -0.39 is 5.60 Å². The summed E-state index contributed by atoms with van der Waals surface area (Å²) in [6.45, 7) is 3.59. The van der Waals surface area contributed by atoms with Gasteiger partial charge in [0.15, 0.2) is 0 Å². The van der Waals surface area contributed by atoms with Gasteiger partial charge in [-0.15, -0.1) is 0 Å². The summed E-state index contributed by atoms with van der Waals surface area (Å²) in [5.74, 6) is 1.14. The molecule has 3 rings (SSSR count). The number of nitrogens with one attached hydrogen (secondary N) is 1. The fraction of sp³-hybridized carbons (Fsp3) is 0.526. The van der Waals surface area contributed by atoms with Crippen molar-refractivity contribution >= 4 is 5.91 Å². The number of nitrogens with zero attached hydrogens (tertiary/aromatic N) is 3. The number of aliphatic hydroxyl groups is 1. The molecule has 0 radical (unpaired) electrons. The molecule has 25 heavy (non-hydrogen) atoms. The van der Waals surface area contributed by atoms with Gasteiger partial charge in [0.2, 0.25) is 0 Å². The predicted octanol–water partition coefficient (Wildman–Crippen LogP) is 2.40. The van der Waals surface area contributed by atoms with Crippen LogP contribution in [0.5, 0.6) is 0 Å². The number of carbonyl (C=O) groups excluding carboxylic acids is 1. The van der Waals surface area contributed by atoms with Crippen LogP contribution in [-0.2, 0) is 13.5 Å². The summed E-state index contributed by atoms with van der Waals surface area (Å²) in [6, 6.07) is 7.51. The Morgan fingerprint density at radius 2 is 2.20 bits per heavy atom. The predicted molar refractivity (Wildman–Crippen MR) is 95.0 cm³/mol. The van der Waals surface area contributed by atoms with Crippen molar-refractivity contribution in [3.8, 4) is 0 Å². The van der Waals surface area contributed by atoms with E-state index in [1.54, 1.807) is 18.5 Å². The molecule has 1 aromatic heterocycles. The number of aromatic nitrogens is 3. The lowest BCUT2D eigenvalue weighted by atomic mass is 9.97. The van der Waals surface area contributed by atoms with Gasteiger partial charge in [0.1, 0.15) is 12.2 Å². The molecule has 1 atom stereocenters. The molecule has 1 saturated carbocycles. The summed E-state index contributed by atoms with van der Waals surface area (Å²) in [5, 5.41) is 17.1. The van der Waals surface area contributed by atoms with Crippen molar-refractivity contribution in [1.82, 2.24) is 20.1 Å². The van der Waals surface area contributed by atoms with Gasteiger partial charge in [-0.1, -0.05) is 12.1 Å². The molecule has 1 aliphatic rings. The topological polar surface area (TPSA) is 80.0 Å². The molecule has 2 N–H and O–H groups in total. The second kappa shape index (κ2) is 6.96. The number of amides is 1. The van der Waals surface area contributed by atoms with E-state index in [4.69, 9.17) is 0 Å². The van der Waals surface area contributed by atoms with Crippen molar-refractivity contribution in [2.75, 3.05) is 0 Å². The zero-order valence-corrected chi connectivity index (χ0v) is 15.1. The van der Waals surface area contributed by atoms with Crippen LogP contribution in [0, 0.1) is 5.92 Å². The van der Waals surface area contributed by atoms with Crippen LogP contribution in [0.15, 0.2) is 30.6 Å². The van der Waals surface area contributed by atoms with Crippen molar-refractivity contribution in [2.24, 2.45) is 13.0 Å². The largest absolute Gasteiger partial charge is 0.390 e. The van der Waals surface area contributed by atoms with Gasteiger partial charge in [0.25, 0.3) is 5.91 Å². The standard InChI is InChI=1S/C19H26N4O2/c1-19(2,25)10-9-13-5-4-6-15(11-13)18(24)22-16(14-7-8-14)17-20-12-21-23(17)3/h4-6,11-12,14,16,25H,7-10H2,1-3H3,(H,22,24)/t16-/m1/s1. The maximum absolute atomic E-state index is 12.7. The van der Waals surface area contributed by atoms with Gasteiger partial charge in [0.05, 0.1) is 11.6 Å². The smallest absolute Gasteiger partial charge is 0.251 e. The zero-order valence-electron chi connectivity index (χ0n) is 15.1.